The van der Waals surface area contributed by atoms with Gasteiger partial charge in [0.25, 0.3) is 5.91 Å². The lowest BCUT2D eigenvalue weighted by molar-refractivity contribution is 0.0956. The Bertz CT molecular complexity index is 449. The lowest BCUT2D eigenvalue weighted by Gasteiger charge is -2.12. The number of amides is 1. The number of carbonyl (C=O) groups is 1. The largest absolute Gasteiger partial charge is 0.397 e. The van der Waals surface area contributed by atoms with E-state index in [2.05, 4.69) is 15.5 Å². The van der Waals surface area contributed by atoms with Gasteiger partial charge in [-0.05, 0) is 39.2 Å². The van der Waals surface area contributed by atoms with E-state index in [1.807, 2.05) is 27.1 Å². The Morgan fingerprint density at radius 1 is 1.33 bits per heavy atom. The first-order valence-corrected chi connectivity index (χ1v) is 7.18. The molecule has 0 atom stereocenters. The number of nitrogen functional groups attached to an aromatic ring is 1. The van der Waals surface area contributed by atoms with E-state index in [9.17, 15) is 4.79 Å². The van der Waals surface area contributed by atoms with E-state index >= 15 is 0 Å². The summed E-state index contributed by atoms with van der Waals surface area (Å²) in [6.45, 7) is 5.39. The van der Waals surface area contributed by atoms with E-state index in [1.165, 1.54) is 0 Å². The number of carbonyl (C=O) groups excluding carboxylic acids is 1. The van der Waals surface area contributed by atoms with Crippen molar-refractivity contribution in [3.05, 3.63) is 23.8 Å². The number of rotatable bonds is 9. The van der Waals surface area contributed by atoms with E-state index in [0.717, 1.165) is 12.2 Å². The molecule has 0 saturated carbocycles. The summed E-state index contributed by atoms with van der Waals surface area (Å²) >= 11 is 0. The standard InChI is InChI=1S/C15H26N4O2/c1-4-17-15(20)12-5-6-14(13(16)11-12)18-7-9-21-10-8-19(2)3/h5-6,11,18H,4,7-10,16H2,1-3H3,(H,17,20). The summed E-state index contributed by atoms with van der Waals surface area (Å²) < 4.78 is 5.49. The number of hydrogen-bond acceptors (Lipinski definition) is 5. The molecule has 0 unspecified atom stereocenters. The molecule has 1 rings (SSSR count). The highest BCUT2D eigenvalue weighted by Gasteiger charge is 2.06. The molecule has 0 aliphatic heterocycles. The molecule has 4 N–H and O–H groups in total. The molecule has 0 heterocycles. The van der Waals surface area contributed by atoms with Crippen molar-refractivity contribution < 1.29 is 9.53 Å². The molecular weight excluding hydrogens is 268 g/mol. The molecule has 6 heteroatoms. The van der Waals surface area contributed by atoms with Crippen LogP contribution in [-0.4, -0.2) is 57.8 Å². The Morgan fingerprint density at radius 3 is 2.71 bits per heavy atom. The highest BCUT2D eigenvalue weighted by atomic mass is 16.5. The van der Waals surface area contributed by atoms with Crippen LogP contribution in [0, 0.1) is 0 Å². The lowest BCUT2D eigenvalue weighted by Crippen LogP contribution is -2.23. The average molecular weight is 294 g/mol. The van der Waals surface area contributed by atoms with Gasteiger partial charge in [0.2, 0.25) is 0 Å². The number of ether oxygens (including phenoxy) is 1. The van der Waals surface area contributed by atoms with Crippen molar-refractivity contribution in [1.29, 1.82) is 0 Å². The summed E-state index contributed by atoms with van der Waals surface area (Å²) in [6.07, 6.45) is 0. The third-order valence-electron chi connectivity index (χ3n) is 2.90. The summed E-state index contributed by atoms with van der Waals surface area (Å²) in [5.74, 6) is -0.109. The minimum atomic E-state index is -0.109. The molecule has 0 saturated heterocycles. The molecule has 0 fully saturated rings. The predicted molar refractivity (Wildman–Crippen MR) is 86.7 cm³/mol. The summed E-state index contributed by atoms with van der Waals surface area (Å²) in [5.41, 5.74) is 7.90. The maximum Gasteiger partial charge on any atom is 0.251 e. The summed E-state index contributed by atoms with van der Waals surface area (Å²) in [7, 11) is 4.02. The molecule has 6 nitrogen and oxygen atoms in total. The Kier molecular flexibility index (Phi) is 7.56. The minimum absolute atomic E-state index is 0.109. The molecule has 1 aromatic rings. The van der Waals surface area contributed by atoms with Crippen molar-refractivity contribution in [3.8, 4) is 0 Å². The van der Waals surface area contributed by atoms with Crippen LogP contribution in [0.2, 0.25) is 0 Å². The summed E-state index contributed by atoms with van der Waals surface area (Å²) in [5, 5.41) is 5.95. The van der Waals surface area contributed by atoms with Crippen molar-refractivity contribution in [2.24, 2.45) is 0 Å². The summed E-state index contributed by atoms with van der Waals surface area (Å²) in [6, 6.07) is 5.26. The monoisotopic (exact) mass is 294 g/mol. The molecule has 1 amide bonds. The Labute approximate surface area is 126 Å². The maximum absolute atomic E-state index is 11.7. The first-order valence-electron chi connectivity index (χ1n) is 7.18. The lowest BCUT2D eigenvalue weighted by atomic mass is 10.1. The molecule has 1 aromatic carbocycles. The average Bonchev–Trinajstić information content (AvgIpc) is 2.44. The van der Waals surface area contributed by atoms with Crippen molar-refractivity contribution in [1.82, 2.24) is 10.2 Å². The van der Waals surface area contributed by atoms with Gasteiger partial charge in [-0.3, -0.25) is 4.79 Å². The third kappa shape index (κ3) is 6.46. The number of likely N-dealkylation sites (N-methyl/N-ethyl adjacent to an activating group) is 1. The van der Waals surface area contributed by atoms with Crippen LogP contribution in [0.25, 0.3) is 0 Å². The Hall–Kier alpha value is -1.79. The van der Waals surface area contributed by atoms with Crippen LogP contribution < -0.4 is 16.4 Å². The predicted octanol–water partition coefficient (Wildman–Crippen LogP) is 1.01. The second-order valence-corrected chi connectivity index (χ2v) is 5.00. The van der Waals surface area contributed by atoms with E-state index in [4.69, 9.17) is 10.5 Å². The second kappa shape index (κ2) is 9.20. The van der Waals surface area contributed by atoms with Crippen LogP contribution in [0.1, 0.15) is 17.3 Å². The fourth-order valence-corrected chi connectivity index (χ4v) is 1.73. The highest BCUT2D eigenvalue weighted by Crippen LogP contribution is 2.19. The number of benzene rings is 1. The number of anilines is 2. The van der Waals surface area contributed by atoms with Gasteiger partial charge in [0, 0.05) is 25.2 Å². The molecule has 0 aliphatic rings. The quantitative estimate of drug-likeness (QED) is 0.468. The van der Waals surface area contributed by atoms with Crippen LogP contribution in [-0.2, 0) is 4.74 Å². The Balaban J connectivity index is 2.37. The van der Waals surface area contributed by atoms with Crippen LogP contribution in [0.15, 0.2) is 18.2 Å². The third-order valence-corrected chi connectivity index (χ3v) is 2.90. The van der Waals surface area contributed by atoms with E-state index in [0.29, 0.717) is 37.6 Å². The fraction of sp³-hybridized carbons (Fsp3) is 0.533. The molecule has 21 heavy (non-hydrogen) atoms. The van der Waals surface area contributed by atoms with Crippen LogP contribution >= 0.6 is 0 Å². The van der Waals surface area contributed by atoms with Gasteiger partial charge in [-0.1, -0.05) is 0 Å². The first-order chi connectivity index (χ1) is 10.0. The maximum atomic E-state index is 11.7. The zero-order chi connectivity index (χ0) is 15.7. The van der Waals surface area contributed by atoms with Crippen molar-refractivity contribution >= 4 is 17.3 Å². The zero-order valence-electron chi connectivity index (χ0n) is 13.1. The number of nitrogens with zero attached hydrogens (tertiary/aromatic N) is 1. The van der Waals surface area contributed by atoms with Crippen LogP contribution in [0.3, 0.4) is 0 Å². The first kappa shape index (κ1) is 17.3. The van der Waals surface area contributed by atoms with E-state index in [1.54, 1.807) is 12.1 Å². The normalized spacial score (nSPS) is 10.7. The van der Waals surface area contributed by atoms with Gasteiger partial charge in [0.15, 0.2) is 0 Å². The molecule has 0 spiro atoms. The summed E-state index contributed by atoms with van der Waals surface area (Å²) in [4.78, 5) is 13.8. The Morgan fingerprint density at radius 2 is 2.10 bits per heavy atom. The fourth-order valence-electron chi connectivity index (χ4n) is 1.73. The van der Waals surface area contributed by atoms with Gasteiger partial charge in [-0.15, -0.1) is 0 Å². The van der Waals surface area contributed by atoms with Gasteiger partial charge >= 0.3 is 0 Å². The van der Waals surface area contributed by atoms with E-state index < -0.39 is 0 Å². The molecule has 0 aromatic heterocycles. The van der Waals surface area contributed by atoms with Crippen LogP contribution in [0.4, 0.5) is 11.4 Å². The van der Waals surface area contributed by atoms with E-state index in [-0.39, 0.29) is 5.91 Å². The number of nitrogens with two attached hydrogens (primary N) is 1. The van der Waals surface area contributed by atoms with Gasteiger partial charge in [0.05, 0.1) is 24.6 Å². The topological polar surface area (TPSA) is 79.6 Å². The van der Waals surface area contributed by atoms with Crippen molar-refractivity contribution in [3.63, 3.8) is 0 Å². The zero-order valence-corrected chi connectivity index (χ0v) is 13.1. The van der Waals surface area contributed by atoms with Crippen molar-refractivity contribution in [2.75, 3.05) is 58.0 Å². The molecule has 118 valence electrons. The van der Waals surface area contributed by atoms with Crippen LogP contribution in [0.5, 0.6) is 0 Å². The minimum Gasteiger partial charge on any atom is -0.397 e. The van der Waals surface area contributed by atoms with Gasteiger partial charge in [-0.2, -0.15) is 0 Å². The highest BCUT2D eigenvalue weighted by molar-refractivity contribution is 5.96. The second-order valence-electron chi connectivity index (χ2n) is 5.00. The molecule has 0 radical (unpaired) electrons. The van der Waals surface area contributed by atoms with Gasteiger partial charge < -0.3 is 26.0 Å². The molecular formula is C15H26N4O2. The van der Waals surface area contributed by atoms with Gasteiger partial charge in [-0.25, -0.2) is 0 Å². The smallest absolute Gasteiger partial charge is 0.251 e. The SMILES string of the molecule is CCNC(=O)c1ccc(NCCOCCN(C)C)c(N)c1. The van der Waals surface area contributed by atoms with Gasteiger partial charge in [0.1, 0.15) is 0 Å². The number of hydrogen-bond donors (Lipinski definition) is 3. The molecule has 0 bridgehead atoms. The molecule has 0 aliphatic carbocycles. The van der Waals surface area contributed by atoms with Crippen molar-refractivity contribution in [2.45, 2.75) is 6.92 Å². The number of nitrogens with one attached hydrogen (secondary N) is 2.